The Hall–Kier alpha value is -2.41. The number of morpholine rings is 1. The van der Waals surface area contributed by atoms with Crippen LogP contribution >= 0.6 is 0 Å². The summed E-state index contributed by atoms with van der Waals surface area (Å²) in [5.41, 5.74) is 2.08. The lowest BCUT2D eigenvalue weighted by atomic mass is 10.2. The molecule has 0 atom stereocenters. The van der Waals surface area contributed by atoms with Crippen LogP contribution in [0.4, 0.5) is 23.1 Å². The molecule has 1 aliphatic rings. The molecule has 7 heteroatoms. The summed E-state index contributed by atoms with van der Waals surface area (Å²) in [7, 11) is 4.03. The van der Waals surface area contributed by atoms with Crippen LogP contribution in [0.25, 0.3) is 0 Å². The Bertz CT molecular complexity index is 610. The van der Waals surface area contributed by atoms with Gasteiger partial charge in [-0.05, 0) is 24.3 Å². The predicted octanol–water partition coefficient (Wildman–Crippen LogP) is 1.52. The number of benzene rings is 1. The Labute approximate surface area is 129 Å². The highest BCUT2D eigenvalue weighted by Crippen LogP contribution is 2.19. The summed E-state index contributed by atoms with van der Waals surface area (Å²) >= 11 is 0. The Morgan fingerprint density at radius 2 is 1.86 bits per heavy atom. The van der Waals surface area contributed by atoms with E-state index in [0.29, 0.717) is 5.95 Å². The molecule has 22 heavy (non-hydrogen) atoms. The highest BCUT2D eigenvalue weighted by molar-refractivity contribution is 5.59. The minimum Gasteiger partial charge on any atom is -0.378 e. The molecule has 1 aromatic heterocycles. The molecule has 0 saturated carbocycles. The molecular weight excluding hydrogens is 280 g/mol. The molecule has 2 heterocycles. The van der Waals surface area contributed by atoms with Crippen LogP contribution in [-0.2, 0) is 4.74 Å². The van der Waals surface area contributed by atoms with E-state index in [1.54, 1.807) is 6.20 Å². The first-order valence-corrected chi connectivity index (χ1v) is 7.29. The largest absolute Gasteiger partial charge is 0.378 e. The molecule has 0 radical (unpaired) electrons. The van der Waals surface area contributed by atoms with E-state index in [-0.39, 0.29) is 0 Å². The maximum Gasteiger partial charge on any atom is 0.249 e. The topological polar surface area (TPSA) is 66.4 Å². The first kappa shape index (κ1) is 14.5. The van der Waals surface area contributed by atoms with Crippen LogP contribution in [0.3, 0.4) is 0 Å². The molecule has 7 nitrogen and oxygen atoms in total. The fourth-order valence-corrected chi connectivity index (χ4v) is 2.26. The molecule has 1 N–H and O–H groups in total. The Kier molecular flexibility index (Phi) is 4.34. The van der Waals surface area contributed by atoms with Gasteiger partial charge in [-0.1, -0.05) is 0 Å². The van der Waals surface area contributed by atoms with Crippen LogP contribution in [0.2, 0.25) is 0 Å². The summed E-state index contributed by atoms with van der Waals surface area (Å²) in [5.74, 6) is 1.33. The van der Waals surface area contributed by atoms with Gasteiger partial charge in [-0.15, -0.1) is 5.10 Å². The zero-order chi connectivity index (χ0) is 15.4. The monoisotopic (exact) mass is 300 g/mol. The van der Waals surface area contributed by atoms with Gasteiger partial charge in [0.2, 0.25) is 5.95 Å². The van der Waals surface area contributed by atoms with Crippen LogP contribution in [0, 0.1) is 0 Å². The van der Waals surface area contributed by atoms with Gasteiger partial charge >= 0.3 is 0 Å². The van der Waals surface area contributed by atoms with Crippen molar-refractivity contribution in [3.8, 4) is 0 Å². The molecule has 3 rings (SSSR count). The first-order chi connectivity index (χ1) is 10.7. The molecular formula is C15H20N6O. The van der Waals surface area contributed by atoms with Crippen molar-refractivity contribution in [1.29, 1.82) is 0 Å². The molecule has 116 valence electrons. The van der Waals surface area contributed by atoms with Crippen molar-refractivity contribution in [2.45, 2.75) is 0 Å². The minimum atomic E-state index is 0.501. The Morgan fingerprint density at radius 3 is 2.55 bits per heavy atom. The van der Waals surface area contributed by atoms with Crippen LogP contribution < -0.4 is 15.1 Å². The summed E-state index contributed by atoms with van der Waals surface area (Å²) in [6.45, 7) is 3.10. The van der Waals surface area contributed by atoms with Gasteiger partial charge in [0.15, 0.2) is 5.82 Å². The molecule has 1 aromatic carbocycles. The smallest absolute Gasteiger partial charge is 0.249 e. The number of anilines is 4. The van der Waals surface area contributed by atoms with Crippen molar-refractivity contribution in [2.75, 3.05) is 55.5 Å². The SMILES string of the molecule is CN(C)c1ccc(Nc2nncc(N3CCOCC3)n2)cc1. The third-order valence-electron chi connectivity index (χ3n) is 3.52. The minimum absolute atomic E-state index is 0.501. The summed E-state index contributed by atoms with van der Waals surface area (Å²) < 4.78 is 5.35. The normalized spacial score (nSPS) is 14.7. The van der Waals surface area contributed by atoms with Gasteiger partial charge in [-0.25, -0.2) is 0 Å². The number of rotatable bonds is 4. The molecule has 0 unspecified atom stereocenters. The van der Waals surface area contributed by atoms with Crippen LogP contribution in [-0.4, -0.2) is 55.6 Å². The average Bonchev–Trinajstić information content (AvgIpc) is 2.56. The number of nitrogens with zero attached hydrogens (tertiary/aromatic N) is 5. The van der Waals surface area contributed by atoms with Gasteiger partial charge in [0.05, 0.1) is 19.4 Å². The standard InChI is InChI=1S/C15H20N6O/c1-20(2)13-5-3-12(4-6-13)17-15-18-14(11-16-19-15)21-7-9-22-10-8-21/h3-6,11H,7-10H2,1-2H3,(H,17,18,19). The van der Waals surface area contributed by atoms with Crippen LogP contribution in [0.15, 0.2) is 30.5 Å². The lowest BCUT2D eigenvalue weighted by molar-refractivity contribution is 0.122. The second-order valence-electron chi connectivity index (χ2n) is 5.30. The second kappa shape index (κ2) is 6.57. The lowest BCUT2D eigenvalue weighted by Crippen LogP contribution is -2.36. The number of hydrogen-bond acceptors (Lipinski definition) is 7. The zero-order valence-electron chi connectivity index (χ0n) is 12.9. The quantitative estimate of drug-likeness (QED) is 0.918. The van der Waals surface area contributed by atoms with Crippen molar-refractivity contribution in [1.82, 2.24) is 15.2 Å². The summed E-state index contributed by atoms with van der Waals surface area (Å²) in [5, 5.41) is 11.3. The van der Waals surface area contributed by atoms with E-state index >= 15 is 0 Å². The Balaban J connectivity index is 1.72. The number of hydrogen-bond donors (Lipinski definition) is 1. The van der Waals surface area contributed by atoms with E-state index in [1.807, 2.05) is 38.4 Å². The molecule has 0 aliphatic carbocycles. The van der Waals surface area contributed by atoms with Crippen molar-refractivity contribution in [2.24, 2.45) is 0 Å². The predicted molar refractivity (Wildman–Crippen MR) is 86.9 cm³/mol. The van der Waals surface area contributed by atoms with Gasteiger partial charge in [0.1, 0.15) is 0 Å². The molecule has 1 fully saturated rings. The third-order valence-corrected chi connectivity index (χ3v) is 3.52. The molecule has 1 saturated heterocycles. The van der Waals surface area contributed by atoms with E-state index in [2.05, 4.69) is 30.3 Å². The molecule has 0 amide bonds. The fraction of sp³-hybridized carbons (Fsp3) is 0.400. The fourth-order valence-electron chi connectivity index (χ4n) is 2.26. The number of nitrogens with one attached hydrogen (secondary N) is 1. The molecule has 2 aromatic rings. The van der Waals surface area contributed by atoms with E-state index in [1.165, 1.54) is 0 Å². The van der Waals surface area contributed by atoms with Crippen molar-refractivity contribution in [3.05, 3.63) is 30.5 Å². The number of aromatic nitrogens is 3. The highest BCUT2D eigenvalue weighted by atomic mass is 16.5. The highest BCUT2D eigenvalue weighted by Gasteiger charge is 2.13. The molecule has 0 bridgehead atoms. The third kappa shape index (κ3) is 3.43. The van der Waals surface area contributed by atoms with Crippen molar-refractivity contribution < 1.29 is 4.74 Å². The summed E-state index contributed by atoms with van der Waals surface area (Å²) in [6, 6.07) is 8.09. The van der Waals surface area contributed by atoms with Gasteiger partial charge < -0.3 is 19.9 Å². The molecule has 1 aliphatic heterocycles. The second-order valence-corrected chi connectivity index (χ2v) is 5.30. The maximum atomic E-state index is 5.35. The van der Waals surface area contributed by atoms with E-state index in [9.17, 15) is 0 Å². The van der Waals surface area contributed by atoms with Gasteiger partial charge in [-0.2, -0.15) is 10.1 Å². The van der Waals surface area contributed by atoms with Gasteiger partial charge in [0, 0.05) is 38.6 Å². The van der Waals surface area contributed by atoms with Crippen molar-refractivity contribution >= 4 is 23.1 Å². The van der Waals surface area contributed by atoms with Crippen LogP contribution in [0.5, 0.6) is 0 Å². The van der Waals surface area contributed by atoms with Gasteiger partial charge in [-0.3, -0.25) is 0 Å². The summed E-state index contributed by atoms with van der Waals surface area (Å²) in [6.07, 6.45) is 1.69. The van der Waals surface area contributed by atoms with E-state index in [0.717, 1.165) is 43.5 Å². The summed E-state index contributed by atoms with van der Waals surface area (Å²) in [4.78, 5) is 8.73. The number of ether oxygens (including phenoxy) is 1. The average molecular weight is 300 g/mol. The first-order valence-electron chi connectivity index (χ1n) is 7.29. The van der Waals surface area contributed by atoms with Gasteiger partial charge in [0.25, 0.3) is 0 Å². The maximum absolute atomic E-state index is 5.35. The van der Waals surface area contributed by atoms with E-state index < -0.39 is 0 Å². The Morgan fingerprint density at radius 1 is 1.14 bits per heavy atom. The zero-order valence-corrected chi connectivity index (χ0v) is 12.9. The lowest BCUT2D eigenvalue weighted by Gasteiger charge is -2.27. The van der Waals surface area contributed by atoms with E-state index in [4.69, 9.17) is 4.74 Å². The van der Waals surface area contributed by atoms with Crippen LogP contribution in [0.1, 0.15) is 0 Å². The molecule has 0 spiro atoms. The van der Waals surface area contributed by atoms with Crippen molar-refractivity contribution in [3.63, 3.8) is 0 Å².